The van der Waals surface area contributed by atoms with Crippen molar-refractivity contribution in [1.82, 2.24) is 19.7 Å². The number of ether oxygens (including phenoxy) is 2. The van der Waals surface area contributed by atoms with E-state index < -0.39 is 0 Å². The van der Waals surface area contributed by atoms with Crippen LogP contribution in [0.4, 0.5) is 0 Å². The molecule has 3 atom stereocenters. The molecule has 4 heterocycles. The summed E-state index contributed by atoms with van der Waals surface area (Å²) in [6.07, 6.45) is 6.03. The monoisotopic (exact) mass is 314 g/mol. The van der Waals surface area contributed by atoms with Crippen LogP contribution in [0.3, 0.4) is 0 Å². The van der Waals surface area contributed by atoms with Crippen molar-refractivity contribution in [3.05, 3.63) is 48.0 Å². The molecule has 0 aromatic carbocycles. The Labute approximate surface area is 136 Å². The summed E-state index contributed by atoms with van der Waals surface area (Å²) < 4.78 is 13.7. The van der Waals surface area contributed by atoms with Crippen molar-refractivity contribution in [3.63, 3.8) is 0 Å². The minimum atomic E-state index is 0.209. The van der Waals surface area contributed by atoms with Crippen LogP contribution in [-0.4, -0.2) is 51.6 Å². The van der Waals surface area contributed by atoms with Gasteiger partial charge in [0.2, 0.25) is 0 Å². The van der Waals surface area contributed by atoms with Crippen LogP contribution in [-0.2, 0) is 29.7 Å². The zero-order valence-electron chi connectivity index (χ0n) is 13.3. The summed E-state index contributed by atoms with van der Waals surface area (Å²) in [5.41, 5.74) is 2.22. The Morgan fingerprint density at radius 1 is 1.35 bits per heavy atom. The number of aromatic nitrogens is 3. The molecular weight excluding hydrogens is 292 g/mol. The van der Waals surface area contributed by atoms with Crippen molar-refractivity contribution >= 4 is 0 Å². The van der Waals surface area contributed by atoms with Crippen molar-refractivity contribution < 1.29 is 9.47 Å². The molecule has 6 heteroatoms. The molecule has 0 saturated carbocycles. The number of hydrogen-bond acceptors (Lipinski definition) is 5. The Kier molecular flexibility index (Phi) is 4.11. The molecule has 0 N–H and O–H groups in total. The lowest BCUT2D eigenvalue weighted by Crippen LogP contribution is -2.32. The Morgan fingerprint density at radius 3 is 3.09 bits per heavy atom. The Balaban J connectivity index is 1.40. The van der Waals surface area contributed by atoms with Gasteiger partial charge in [-0.3, -0.25) is 14.6 Å². The summed E-state index contributed by atoms with van der Waals surface area (Å²) in [6, 6.07) is 6.38. The molecule has 0 spiro atoms. The third kappa shape index (κ3) is 3.15. The van der Waals surface area contributed by atoms with E-state index in [1.54, 1.807) is 0 Å². The summed E-state index contributed by atoms with van der Waals surface area (Å²) in [5, 5.41) is 4.26. The fraction of sp³-hybridized carbons (Fsp3) is 0.529. The van der Waals surface area contributed by atoms with Crippen LogP contribution in [0, 0.1) is 5.92 Å². The SMILES string of the molecule is Cn1cc(CN2C[C@@H](OCc3ccccn3)[C@@H]3COC[C@@H]32)cn1. The predicted octanol–water partition coefficient (Wildman–Crippen LogP) is 1.23. The lowest BCUT2D eigenvalue weighted by molar-refractivity contribution is 0.00740. The van der Waals surface area contributed by atoms with E-state index in [0.29, 0.717) is 18.6 Å². The summed E-state index contributed by atoms with van der Waals surface area (Å²) in [4.78, 5) is 6.80. The van der Waals surface area contributed by atoms with Gasteiger partial charge in [0, 0.05) is 50.1 Å². The predicted molar refractivity (Wildman–Crippen MR) is 84.5 cm³/mol. The zero-order valence-corrected chi connectivity index (χ0v) is 13.3. The molecule has 6 nitrogen and oxygen atoms in total. The lowest BCUT2D eigenvalue weighted by Gasteiger charge is -2.21. The van der Waals surface area contributed by atoms with Crippen molar-refractivity contribution in [3.8, 4) is 0 Å². The van der Waals surface area contributed by atoms with Crippen LogP contribution in [0.25, 0.3) is 0 Å². The van der Waals surface area contributed by atoms with Gasteiger partial charge in [0.15, 0.2) is 0 Å². The third-order valence-electron chi connectivity index (χ3n) is 4.77. The van der Waals surface area contributed by atoms with Crippen LogP contribution in [0.1, 0.15) is 11.3 Å². The van der Waals surface area contributed by atoms with Crippen molar-refractivity contribution in [2.45, 2.75) is 25.3 Å². The highest BCUT2D eigenvalue weighted by molar-refractivity contribution is 5.07. The fourth-order valence-electron chi connectivity index (χ4n) is 3.61. The first-order valence-electron chi connectivity index (χ1n) is 8.10. The van der Waals surface area contributed by atoms with Gasteiger partial charge < -0.3 is 9.47 Å². The van der Waals surface area contributed by atoms with Gasteiger partial charge in [-0.05, 0) is 12.1 Å². The van der Waals surface area contributed by atoms with Gasteiger partial charge in [-0.25, -0.2) is 0 Å². The van der Waals surface area contributed by atoms with Crippen molar-refractivity contribution in [2.75, 3.05) is 19.8 Å². The molecule has 2 fully saturated rings. The number of pyridine rings is 1. The Bertz CT molecular complexity index is 645. The number of fused-ring (bicyclic) bond motifs is 1. The first-order valence-corrected chi connectivity index (χ1v) is 8.10. The van der Waals surface area contributed by atoms with Gasteiger partial charge in [0.1, 0.15) is 0 Å². The van der Waals surface area contributed by atoms with Crippen molar-refractivity contribution in [2.24, 2.45) is 13.0 Å². The van der Waals surface area contributed by atoms with Crippen LogP contribution in [0.2, 0.25) is 0 Å². The molecule has 2 saturated heterocycles. The van der Waals surface area contributed by atoms with Crippen molar-refractivity contribution in [1.29, 1.82) is 0 Å². The maximum Gasteiger partial charge on any atom is 0.0892 e. The van der Waals surface area contributed by atoms with Gasteiger partial charge in [-0.1, -0.05) is 6.07 Å². The summed E-state index contributed by atoms with van der Waals surface area (Å²) >= 11 is 0. The van der Waals surface area contributed by atoms with E-state index in [1.807, 2.05) is 42.3 Å². The van der Waals surface area contributed by atoms with E-state index in [2.05, 4.69) is 21.2 Å². The fourth-order valence-corrected chi connectivity index (χ4v) is 3.61. The zero-order chi connectivity index (χ0) is 15.6. The average Bonchev–Trinajstić information content (AvgIpc) is 3.26. The average molecular weight is 314 g/mol. The maximum absolute atomic E-state index is 6.17. The molecule has 2 aromatic heterocycles. The van der Waals surface area contributed by atoms with Gasteiger partial charge >= 0.3 is 0 Å². The second-order valence-electron chi connectivity index (χ2n) is 6.39. The first kappa shape index (κ1) is 14.8. The molecule has 0 radical (unpaired) electrons. The molecule has 23 heavy (non-hydrogen) atoms. The van der Waals surface area contributed by atoms with E-state index in [1.165, 1.54) is 5.56 Å². The summed E-state index contributed by atoms with van der Waals surface area (Å²) in [7, 11) is 1.95. The summed E-state index contributed by atoms with van der Waals surface area (Å²) in [6.45, 7) is 4.01. The normalized spacial score (nSPS) is 27.4. The second-order valence-corrected chi connectivity index (χ2v) is 6.39. The van der Waals surface area contributed by atoms with E-state index in [9.17, 15) is 0 Å². The van der Waals surface area contributed by atoms with Gasteiger partial charge in [0.05, 0.1) is 37.8 Å². The molecule has 0 amide bonds. The largest absolute Gasteiger partial charge is 0.379 e. The summed E-state index contributed by atoms with van der Waals surface area (Å²) in [5.74, 6) is 0.454. The quantitative estimate of drug-likeness (QED) is 0.831. The minimum Gasteiger partial charge on any atom is -0.379 e. The maximum atomic E-state index is 6.17. The van der Waals surface area contributed by atoms with E-state index in [-0.39, 0.29) is 6.10 Å². The van der Waals surface area contributed by atoms with Gasteiger partial charge in [-0.2, -0.15) is 5.10 Å². The standard InChI is InChI=1S/C17H22N4O2/c1-20-7-13(6-19-20)8-21-9-17(15-11-22-12-16(15)21)23-10-14-4-2-3-5-18-14/h2-7,15-17H,8-12H2,1H3/t15-,16+,17-/m1/s1. The smallest absolute Gasteiger partial charge is 0.0892 e. The Morgan fingerprint density at radius 2 is 2.30 bits per heavy atom. The highest BCUT2D eigenvalue weighted by atomic mass is 16.5. The topological polar surface area (TPSA) is 52.4 Å². The van der Waals surface area contributed by atoms with Crippen LogP contribution in [0.5, 0.6) is 0 Å². The van der Waals surface area contributed by atoms with Crippen LogP contribution < -0.4 is 0 Å². The van der Waals surface area contributed by atoms with E-state index >= 15 is 0 Å². The second kappa shape index (κ2) is 6.39. The molecular formula is C17H22N4O2. The number of likely N-dealkylation sites (tertiary alicyclic amines) is 1. The van der Waals surface area contributed by atoms with E-state index in [4.69, 9.17) is 9.47 Å². The minimum absolute atomic E-state index is 0.209. The lowest BCUT2D eigenvalue weighted by atomic mass is 10.0. The third-order valence-corrected chi connectivity index (χ3v) is 4.77. The van der Waals surface area contributed by atoms with Gasteiger partial charge in [-0.15, -0.1) is 0 Å². The molecule has 4 rings (SSSR count). The molecule has 122 valence electrons. The molecule has 2 aromatic rings. The number of aryl methyl sites for hydroxylation is 1. The molecule has 2 aliphatic rings. The molecule has 0 unspecified atom stereocenters. The van der Waals surface area contributed by atoms with Crippen LogP contribution >= 0.6 is 0 Å². The number of nitrogens with zero attached hydrogens (tertiary/aromatic N) is 4. The molecule has 0 bridgehead atoms. The molecule has 0 aliphatic carbocycles. The Hall–Kier alpha value is -1.76. The molecule has 2 aliphatic heterocycles. The number of hydrogen-bond donors (Lipinski definition) is 0. The first-order chi connectivity index (χ1) is 11.3. The van der Waals surface area contributed by atoms with E-state index in [0.717, 1.165) is 32.0 Å². The highest BCUT2D eigenvalue weighted by Crippen LogP contribution is 2.33. The van der Waals surface area contributed by atoms with Crippen LogP contribution in [0.15, 0.2) is 36.8 Å². The highest BCUT2D eigenvalue weighted by Gasteiger charge is 2.45. The van der Waals surface area contributed by atoms with Gasteiger partial charge in [0.25, 0.3) is 0 Å². The number of rotatable bonds is 5.